The summed E-state index contributed by atoms with van der Waals surface area (Å²) in [4.78, 5) is 4.11. The van der Waals surface area contributed by atoms with Gasteiger partial charge in [-0.15, -0.1) is 0 Å². The highest BCUT2D eigenvalue weighted by Gasteiger charge is 2.14. The van der Waals surface area contributed by atoms with Crippen molar-refractivity contribution in [1.29, 1.82) is 0 Å². The average Bonchev–Trinajstić information content (AvgIpc) is 2.77. The third-order valence-corrected chi connectivity index (χ3v) is 2.26. The zero-order valence-electron chi connectivity index (χ0n) is 8.24. The number of nitrogens with zero attached hydrogens (tertiary/aromatic N) is 2. The molecule has 1 aromatic heterocycles. The molecule has 3 heteroatoms. The summed E-state index contributed by atoms with van der Waals surface area (Å²) in [5, 5.41) is 10.1. The van der Waals surface area contributed by atoms with Crippen LogP contribution in [0.15, 0.2) is 49.3 Å². The molecule has 2 rings (SSSR count). The van der Waals surface area contributed by atoms with Gasteiger partial charge >= 0.3 is 0 Å². The van der Waals surface area contributed by atoms with Crippen molar-refractivity contribution in [1.82, 2.24) is 9.55 Å². The Balaban J connectivity index is 2.36. The standard InChI is InChI=1S/C12H12N2O/c1-2-14-9-8-13-12(14)11(15)10-6-4-3-5-7-10/h2-9,11,15H,1H2/t11-/m0/s1. The first-order valence-corrected chi connectivity index (χ1v) is 4.71. The summed E-state index contributed by atoms with van der Waals surface area (Å²) in [5.41, 5.74) is 0.826. The molecule has 0 aliphatic heterocycles. The average molecular weight is 200 g/mol. The van der Waals surface area contributed by atoms with Gasteiger partial charge in [0.2, 0.25) is 0 Å². The fraction of sp³-hybridized carbons (Fsp3) is 0.0833. The van der Waals surface area contributed by atoms with E-state index in [-0.39, 0.29) is 0 Å². The third-order valence-electron chi connectivity index (χ3n) is 2.26. The van der Waals surface area contributed by atoms with Crippen LogP contribution in [-0.2, 0) is 0 Å². The second kappa shape index (κ2) is 4.11. The molecule has 0 radical (unpaired) electrons. The van der Waals surface area contributed by atoms with Crippen molar-refractivity contribution in [2.24, 2.45) is 0 Å². The van der Waals surface area contributed by atoms with Gasteiger partial charge in [-0.3, -0.25) is 0 Å². The molecule has 1 atom stereocenters. The summed E-state index contributed by atoms with van der Waals surface area (Å²) in [6, 6.07) is 9.43. The fourth-order valence-corrected chi connectivity index (χ4v) is 1.48. The normalized spacial score (nSPS) is 12.3. The van der Waals surface area contributed by atoms with E-state index in [1.54, 1.807) is 23.2 Å². The van der Waals surface area contributed by atoms with Crippen LogP contribution in [0.25, 0.3) is 6.20 Å². The summed E-state index contributed by atoms with van der Waals surface area (Å²) in [5.74, 6) is 0.580. The van der Waals surface area contributed by atoms with Gasteiger partial charge in [0, 0.05) is 18.6 Å². The number of aliphatic hydroxyl groups excluding tert-OH is 1. The predicted molar refractivity (Wildman–Crippen MR) is 59.1 cm³/mol. The Hall–Kier alpha value is -1.87. The number of hydrogen-bond donors (Lipinski definition) is 1. The Morgan fingerprint density at radius 2 is 2.07 bits per heavy atom. The van der Waals surface area contributed by atoms with Gasteiger partial charge in [0.25, 0.3) is 0 Å². The molecule has 1 heterocycles. The van der Waals surface area contributed by atoms with Crippen LogP contribution in [-0.4, -0.2) is 14.7 Å². The van der Waals surface area contributed by atoms with E-state index in [1.165, 1.54) is 0 Å². The van der Waals surface area contributed by atoms with E-state index in [0.717, 1.165) is 5.56 Å². The van der Waals surface area contributed by atoms with Gasteiger partial charge in [-0.05, 0) is 5.56 Å². The summed E-state index contributed by atoms with van der Waals surface area (Å²) in [6.07, 6.45) is 4.31. The Morgan fingerprint density at radius 3 is 2.73 bits per heavy atom. The lowest BCUT2D eigenvalue weighted by Gasteiger charge is -2.10. The molecule has 76 valence electrons. The lowest BCUT2D eigenvalue weighted by Crippen LogP contribution is -2.05. The summed E-state index contributed by atoms with van der Waals surface area (Å²) >= 11 is 0. The molecule has 0 aliphatic carbocycles. The SMILES string of the molecule is C=Cn1ccnc1[C@@H](O)c1ccccc1. The molecule has 0 bridgehead atoms. The van der Waals surface area contributed by atoms with Crippen LogP contribution in [0.4, 0.5) is 0 Å². The Labute approximate surface area is 88.3 Å². The predicted octanol–water partition coefficient (Wildman–Crippen LogP) is 2.07. The van der Waals surface area contributed by atoms with Crippen molar-refractivity contribution in [3.05, 3.63) is 60.7 Å². The fourth-order valence-electron chi connectivity index (χ4n) is 1.48. The first-order valence-electron chi connectivity index (χ1n) is 4.71. The van der Waals surface area contributed by atoms with Gasteiger partial charge in [0.1, 0.15) is 11.9 Å². The maximum absolute atomic E-state index is 10.1. The van der Waals surface area contributed by atoms with Gasteiger partial charge in [-0.1, -0.05) is 36.9 Å². The van der Waals surface area contributed by atoms with E-state index in [0.29, 0.717) is 5.82 Å². The van der Waals surface area contributed by atoms with Gasteiger partial charge in [0.15, 0.2) is 0 Å². The molecule has 2 aromatic rings. The van der Waals surface area contributed by atoms with Crippen LogP contribution in [0.3, 0.4) is 0 Å². The lowest BCUT2D eigenvalue weighted by atomic mass is 10.1. The third kappa shape index (κ3) is 1.82. The number of hydrogen-bond acceptors (Lipinski definition) is 2. The largest absolute Gasteiger partial charge is 0.380 e. The minimum Gasteiger partial charge on any atom is -0.380 e. The quantitative estimate of drug-likeness (QED) is 0.823. The van der Waals surface area contributed by atoms with Crippen LogP contribution in [0.5, 0.6) is 0 Å². The lowest BCUT2D eigenvalue weighted by molar-refractivity contribution is 0.209. The Morgan fingerprint density at radius 1 is 1.33 bits per heavy atom. The Kier molecular flexibility index (Phi) is 2.65. The number of aromatic nitrogens is 2. The van der Waals surface area contributed by atoms with Crippen molar-refractivity contribution >= 4 is 6.20 Å². The van der Waals surface area contributed by atoms with Crippen LogP contribution in [0, 0.1) is 0 Å². The highest BCUT2D eigenvalue weighted by molar-refractivity contribution is 5.28. The molecule has 0 unspecified atom stereocenters. The maximum Gasteiger partial charge on any atom is 0.146 e. The monoisotopic (exact) mass is 200 g/mol. The molecule has 0 saturated carbocycles. The van der Waals surface area contributed by atoms with Gasteiger partial charge < -0.3 is 9.67 Å². The van der Waals surface area contributed by atoms with E-state index in [1.807, 2.05) is 30.3 Å². The molecule has 1 N–H and O–H groups in total. The number of rotatable bonds is 3. The van der Waals surface area contributed by atoms with E-state index >= 15 is 0 Å². The summed E-state index contributed by atoms with van der Waals surface area (Å²) in [7, 11) is 0. The topological polar surface area (TPSA) is 38.0 Å². The minimum atomic E-state index is -0.709. The summed E-state index contributed by atoms with van der Waals surface area (Å²) < 4.78 is 1.71. The number of aliphatic hydroxyl groups is 1. The highest BCUT2D eigenvalue weighted by atomic mass is 16.3. The molecule has 15 heavy (non-hydrogen) atoms. The smallest absolute Gasteiger partial charge is 0.146 e. The first kappa shape index (κ1) is 9.68. The van der Waals surface area contributed by atoms with Crippen molar-refractivity contribution in [3.63, 3.8) is 0 Å². The highest BCUT2D eigenvalue weighted by Crippen LogP contribution is 2.19. The van der Waals surface area contributed by atoms with Crippen LogP contribution in [0.1, 0.15) is 17.5 Å². The molecular formula is C12H12N2O. The van der Waals surface area contributed by atoms with Crippen molar-refractivity contribution in [2.75, 3.05) is 0 Å². The zero-order valence-corrected chi connectivity index (χ0v) is 8.24. The second-order valence-corrected chi connectivity index (χ2v) is 3.19. The molecular weight excluding hydrogens is 188 g/mol. The van der Waals surface area contributed by atoms with Crippen molar-refractivity contribution in [3.8, 4) is 0 Å². The molecule has 0 saturated heterocycles. The van der Waals surface area contributed by atoms with Crippen LogP contribution >= 0.6 is 0 Å². The molecule has 1 aromatic carbocycles. The Bertz CT molecular complexity index is 448. The van der Waals surface area contributed by atoms with Gasteiger partial charge in [-0.2, -0.15) is 0 Å². The van der Waals surface area contributed by atoms with Gasteiger partial charge in [0.05, 0.1) is 0 Å². The molecule has 0 aliphatic rings. The second-order valence-electron chi connectivity index (χ2n) is 3.19. The van der Waals surface area contributed by atoms with E-state index in [9.17, 15) is 5.11 Å². The van der Waals surface area contributed by atoms with Crippen molar-refractivity contribution in [2.45, 2.75) is 6.10 Å². The van der Waals surface area contributed by atoms with E-state index < -0.39 is 6.10 Å². The zero-order chi connectivity index (χ0) is 10.7. The van der Waals surface area contributed by atoms with Crippen LogP contribution in [0.2, 0.25) is 0 Å². The minimum absolute atomic E-state index is 0.580. The number of benzene rings is 1. The van der Waals surface area contributed by atoms with Crippen molar-refractivity contribution < 1.29 is 5.11 Å². The van der Waals surface area contributed by atoms with Crippen LogP contribution < -0.4 is 0 Å². The first-order chi connectivity index (χ1) is 7.33. The summed E-state index contributed by atoms with van der Waals surface area (Å²) in [6.45, 7) is 3.65. The molecule has 3 nitrogen and oxygen atoms in total. The molecule has 0 fully saturated rings. The van der Waals surface area contributed by atoms with Gasteiger partial charge in [-0.25, -0.2) is 4.98 Å². The van der Waals surface area contributed by atoms with E-state index in [4.69, 9.17) is 0 Å². The molecule has 0 amide bonds. The molecule has 0 spiro atoms. The maximum atomic E-state index is 10.1. The number of imidazole rings is 1. The van der Waals surface area contributed by atoms with E-state index in [2.05, 4.69) is 11.6 Å².